The molecule has 4 rings (SSSR count). The van der Waals surface area contributed by atoms with Crippen LogP contribution in [0.25, 0.3) is 0 Å². The molecule has 0 radical (unpaired) electrons. The Labute approximate surface area is 127 Å². The number of rotatable bonds is 3. The van der Waals surface area contributed by atoms with Crippen molar-refractivity contribution in [1.82, 2.24) is 4.98 Å². The van der Waals surface area contributed by atoms with Crippen molar-refractivity contribution >= 4 is 21.4 Å². The van der Waals surface area contributed by atoms with Crippen LogP contribution in [0.15, 0.2) is 33.7 Å². The molecule has 0 unspecified atom stereocenters. The molecule has 22 heavy (non-hydrogen) atoms. The topological polar surface area (TPSA) is 89.3 Å². The Balaban J connectivity index is 1.56. The van der Waals surface area contributed by atoms with E-state index in [1.165, 1.54) is 12.3 Å². The van der Waals surface area contributed by atoms with Gasteiger partial charge in [-0.1, -0.05) is 6.07 Å². The maximum Gasteiger partial charge on any atom is 0.293 e. The Morgan fingerprint density at radius 1 is 1.32 bits per heavy atom. The summed E-state index contributed by atoms with van der Waals surface area (Å²) in [5.74, 6) is 0.792. The molecule has 1 amide bonds. The average Bonchev–Trinajstić information content (AvgIpc) is 3.14. The molecular formula is C15H14N2O4S. The Morgan fingerprint density at radius 3 is 2.91 bits per heavy atom. The van der Waals surface area contributed by atoms with E-state index in [9.17, 15) is 13.2 Å². The maximum absolute atomic E-state index is 12.1. The summed E-state index contributed by atoms with van der Waals surface area (Å²) in [4.78, 5) is 16.5. The molecule has 1 saturated carbocycles. The lowest BCUT2D eigenvalue weighted by molar-refractivity contribution is 0.0995. The summed E-state index contributed by atoms with van der Waals surface area (Å²) < 4.78 is 29.2. The lowest BCUT2D eigenvalue weighted by Gasteiger charge is -2.05. The number of amides is 1. The monoisotopic (exact) mass is 318 g/mol. The number of hydrogen-bond acceptors (Lipinski definition) is 5. The highest BCUT2D eigenvalue weighted by Crippen LogP contribution is 2.39. The van der Waals surface area contributed by atoms with E-state index in [0.717, 1.165) is 18.4 Å². The summed E-state index contributed by atoms with van der Waals surface area (Å²) >= 11 is 0. The van der Waals surface area contributed by atoms with Crippen LogP contribution in [-0.2, 0) is 16.3 Å². The molecule has 1 fully saturated rings. The number of carbonyl (C=O) groups excluding carboxylic acids is 1. The van der Waals surface area contributed by atoms with E-state index in [4.69, 9.17) is 4.42 Å². The van der Waals surface area contributed by atoms with Crippen LogP contribution in [0.5, 0.6) is 0 Å². The van der Waals surface area contributed by atoms with Crippen LogP contribution in [-0.4, -0.2) is 25.1 Å². The van der Waals surface area contributed by atoms with Gasteiger partial charge >= 0.3 is 0 Å². The van der Waals surface area contributed by atoms with Crippen LogP contribution in [0, 0.1) is 0 Å². The molecule has 1 aromatic heterocycles. The molecule has 0 atom stereocenters. The molecule has 0 spiro atoms. The van der Waals surface area contributed by atoms with E-state index in [1.807, 2.05) is 0 Å². The lowest BCUT2D eigenvalue weighted by Crippen LogP contribution is -2.11. The number of aryl methyl sites for hydroxylation is 1. The Morgan fingerprint density at radius 2 is 2.14 bits per heavy atom. The molecule has 1 aliphatic carbocycles. The molecule has 1 aromatic carbocycles. The minimum Gasteiger partial charge on any atom is -0.435 e. The van der Waals surface area contributed by atoms with Gasteiger partial charge in [0.05, 0.1) is 16.8 Å². The van der Waals surface area contributed by atoms with Gasteiger partial charge in [-0.3, -0.25) is 4.79 Å². The van der Waals surface area contributed by atoms with Crippen LogP contribution in [0.1, 0.15) is 40.8 Å². The first-order chi connectivity index (χ1) is 10.5. The number of hydrogen-bond donors (Lipinski definition) is 1. The van der Waals surface area contributed by atoms with Crippen molar-refractivity contribution in [2.24, 2.45) is 0 Å². The van der Waals surface area contributed by atoms with E-state index >= 15 is 0 Å². The highest BCUT2D eigenvalue weighted by Gasteiger charge is 2.30. The summed E-state index contributed by atoms with van der Waals surface area (Å²) in [6.07, 6.45) is 4.03. The van der Waals surface area contributed by atoms with E-state index in [-0.39, 0.29) is 11.5 Å². The number of sulfone groups is 1. The number of anilines is 1. The van der Waals surface area contributed by atoms with Gasteiger partial charge in [0.25, 0.3) is 5.91 Å². The first kappa shape index (κ1) is 13.5. The predicted octanol–water partition coefficient (Wildman–Crippen LogP) is 2.13. The van der Waals surface area contributed by atoms with Gasteiger partial charge in [0.1, 0.15) is 0 Å². The quantitative estimate of drug-likeness (QED) is 0.936. The van der Waals surface area contributed by atoms with Crippen LogP contribution in [0.2, 0.25) is 0 Å². The Hall–Kier alpha value is -2.15. The lowest BCUT2D eigenvalue weighted by atomic mass is 10.1. The zero-order valence-corrected chi connectivity index (χ0v) is 12.5. The van der Waals surface area contributed by atoms with Crippen molar-refractivity contribution in [3.05, 3.63) is 41.6 Å². The number of carbonyl (C=O) groups is 1. The van der Waals surface area contributed by atoms with E-state index < -0.39 is 15.7 Å². The van der Waals surface area contributed by atoms with Crippen molar-refractivity contribution in [3.63, 3.8) is 0 Å². The second kappa shape index (κ2) is 4.67. The molecule has 1 N–H and O–H groups in total. The molecule has 6 nitrogen and oxygen atoms in total. The van der Waals surface area contributed by atoms with Gasteiger partial charge in [0.15, 0.2) is 15.7 Å². The second-order valence-corrected chi connectivity index (χ2v) is 7.76. The number of oxazole rings is 1. The number of nitrogens with one attached hydrogen (secondary N) is 1. The van der Waals surface area contributed by atoms with E-state index in [0.29, 0.717) is 28.8 Å². The highest BCUT2D eigenvalue weighted by molar-refractivity contribution is 7.91. The summed E-state index contributed by atoms with van der Waals surface area (Å²) in [7, 11) is -3.21. The zero-order valence-electron chi connectivity index (χ0n) is 11.7. The zero-order chi connectivity index (χ0) is 15.3. The van der Waals surface area contributed by atoms with Gasteiger partial charge in [0.2, 0.25) is 5.76 Å². The van der Waals surface area contributed by atoms with Gasteiger partial charge in [-0.05, 0) is 37.0 Å². The predicted molar refractivity (Wildman–Crippen MR) is 78.6 cm³/mol. The summed E-state index contributed by atoms with van der Waals surface area (Å²) in [5.41, 5.74) is 1.24. The van der Waals surface area contributed by atoms with Crippen molar-refractivity contribution in [2.45, 2.75) is 30.1 Å². The number of aromatic nitrogens is 1. The second-order valence-electron chi connectivity index (χ2n) is 5.68. The van der Waals surface area contributed by atoms with Crippen LogP contribution in [0.4, 0.5) is 5.69 Å². The SMILES string of the molecule is O=C(Nc1ccc2c(c1)S(=O)(=O)CC2)c1cnc(C2CC2)o1. The standard InChI is InChI=1S/C15H14N2O4S/c18-14(12-8-16-15(21-12)10-1-2-10)17-11-4-3-9-5-6-22(19,20)13(9)7-11/h3-4,7-8,10H,1-2,5-6H2,(H,17,18). The molecule has 2 aromatic rings. The summed E-state index contributed by atoms with van der Waals surface area (Å²) in [6.45, 7) is 0. The van der Waals surface area contributed by atoms with Gasteiger partial charge in [0, 0.05) is 11.6 Å². The molecule has 114 valence electrons. The van der Waals surface area contributed by atoms with E-state index in [2.05, 4.69) is 10.3 Å². The molecular weight excluding hydrogens is 304 g/mol. The van der Waals surface area contributed by atoms with Gasteiger partial charge in [-0.15, -0.1) is 0 Å². The molecule has 2 heterocycles. The first-order valence-corrected chi connectivity index (χ1v) is 8.81. The minimum atomic E-state index is -3.21. The van der Waals surface area contributed by atoms with Crippen molar-refractivity contribution < 1.29 is 17.6 Å². The van der Waals surface area contributed by atoms with Gasteiger partial charge in [-0.25, -0.2) is 13.4 Å². The van der Waals surface area contributed by atoms with Gasteiger partial charge < -0.3 is 9.73 Å². The van der Waals surface area contributed by atoms with E-state index in [1.54, 1.807) is 12.1 Å². The third-order valence-corrected chi connectivity index (χ3v) is 5.77. The smallest absolute Gasteiger partial charge is 0.293 e. The molecule has 2 aliphatic rings. The fourth-order valence-electron chi connectivity index (χ4n) is 2.59. The third-order valence-electron chi connectivity index (χ3n) is 3.97. The fraction of sp³-hybridized carbons (Fsp3) is 0.333. The Bertz CT molecular complexity index is 865. The minimum absolute atomic E-state index is 0.132. The first-order valence-electron chi connectivity index (χ1n) is 7.16. The fourth-order valence-corrected chi connectivity index (χ4v) is 4.17. The largest absolute Gasteiger partial charge is 0.435 e. The van der Waals surface area contributed by atoms with Crippen LogP contribution in [0.3, 0.4) is 0 Å². The van der Waals surface area contributed by atoms with Crippen molar-refractivity contribution in [3.8, 4) is 0 Å². The molecule has 0 saturated heterocycles. The number of fused-ring (bicyclic) bond motifs is 1. The number of nitrogens with zero attached hydrogens (tertiary/aromatic N) is 1. The van der Waals surface area contributed by atoms with Crippen LogP contribution < -0.4 is 5.32 Å². The Kier molecular flexibility index (Phi) is 2.87. The normalized spacial score (nSPS) is 18.9. The number of benzene rings is 1. The summed E-state index contributed by atoms with van der Waals surface area (Å²) in [5, 5.41) is 2.66. The van der Waals surface area contributed by atoms with Crippen LogP contribution >= 0.6 is 0 Å². The molecule has 0 bridgehead atoms. The van der Waals surface area contributed by atoms with Crippen molar-refractivity contribution in [1.29, 1.82) is 0 Å². The third kappa shape index (κ3) is 2.31. The van der Waals surface area contributed by atoms with Gasteiger partial charge in [-0.2, -0.15) is 0 Å². The summed E-state index contributed by atoms with van der Waals surface area (Å²) in [6, 6.07) is 4.95. The highest BCUT2D eigenvalue weighted by atomic mass is 32.2. The van der Waals surface area contributed by atoms with Crippen molar-refractivity contribution in [2.75, 3.05) is 11.1 Å². The maximum atomic E-state index is 12.1. The molecule has 7 heteroatoms. The average molecular weight is 318 g/mol. The molecule has 1 aliphatic heterocycles.